The van der Waals surface area contributed by atoms with Gasteiger partial charge in [-0.1, -0.05) is 20.8 Å². The van der Waals surface area contributed by atoms with E-state index in [1.807, 2.05) is 0 Å². The minimum absolute atomic E-state index is 0.0522. The first-order chi connectivity index (χ1) is 9.66. The van der Waals surface area contributed by atoms with Gasteiger partial charge in [-0.2, -0.15) is 0 Å². The summed E-state index contributed by atoms with van der Waals surface area (Å²) < 4.78 is 0. The Bertz CT molecular complexity index is 335. The van der Waals surface area contributed by atoms with Crippen LogP contribution in [0.15, 0.2) is 0 Å². The zero-order valence-corrected chi connectivity index (χ0v) is 15.0. The van der Waals surface area contributed by atoms with Crippen LogP contribution in [-0.2, 0) is 0 Å². The van der Waals surface area contributed by atoms with Crippen molar-refractivity contribution in [3.05, 3.63) is 0 Å². The van der Waals surface area contributed by atoms with E-state index in [-0.39, 0.29) is 11.0 Å². The molecule has 1 heterocycles. The summed E-state index contributed by atoms with van der Waals surface area (Å²) in [6, 6.07) is 0. The van der Waals surface area contributed by atoms with Crippen molar-refractivity contribution in [3.8, 4) is 0 Å². The van der Waals surface area contributed by atoms with Gasteiger partial charge in [-0.3, -0.25) is 0 Å². The third kappa shape index (κ3) is 4.00. The highest BCUT2D eigenvalue weighted by Crippen LogP contribution is 2.50. The number of likely N-dealkylation sites (tertiary alicyclic amines) is 1. The molecule has 2 N–H and O–H groups in total. The zero-order valence-electron chi connectivity index (χ0n) is 15.0. The molecule has 124 valence electrons. The van der Waals surface area contributed by atoms with Crippen molar-refractivity contribution in [1.29, 1.82) is 0 Å². The van der Waals surface area contributed by atoms with Crippen LogP contribution < -0.4 is 5.73 Å². The van der Waals surface area contributed by atoms with Crippen molar-refractivity contribution >= 4 is 0 Å². The molecule has 0 aromatic heterocycles. The van der Waals surface area contributed by atoms with Crippen LogP contribution in [0, 0.1) is 10.8 Å². The molecule has 1 aliphatic heterocycles. The van der Waals surface area contributed by atoms with Crippen LogP contribution in [0.3, 0.4) is 0 Å². The Morgan fingerprint density at radius 2 is 1.67 bits per heavy atom. The molecule has 1 saturated carbocycles. The van der Waals surface area contributed by atoms with Crippen molar-refractivity contribution in [3.63, 3.8) is 0 Å². The fourth-order valence-corrected chi connectivity index (χ4v) is 4.21. The number of rotatable bonds is 4. The van der Waals surface area contributed by atoms with E-state index < -0.39 is 0 Å². The molecule has 1 spiro atoms. The van der Waals surface area contributed by atoms with Crippen LogP contribution in [0.1, 0.15) is 59.3 Å². The molecule has 0 amide bonds. The summed E-state index contributed by atoms with van der Waals surface area (Å²) >= 11 is 0. The third-order valence-electron chi connectivity index (χ3n) is 6.29. The first-order valence-electron chi connectivity index (χ1n) is 8.82. The summed E-state index contributed by atoms with van der Waals surface area (Å²) in [4.78, 5) is 4.99. The molecule has 0 bridgehead atoms. The minimum atomic E-state index is 0.0522. The quantitative estimate of drug-likeness (QED) is 0.865. The van der Waals surface area contributed by atoms with Crippen molar-refractivity contribution in [2.75, 3.05) is 40.3 Å². The summed E-state index contributed by atoms with van der Waals surface area (Å²) in [6.07, 6.45) is 7.79. The van der Waals surface area contributed by atoms with E-state index in [2.05, 4.69) is 44.7 Å². The van der Waals surface area contributed by atoms with E-state index in [0.717, 1.165) is 0 Å². The SMILES string of the molecule is CN(C)CCCN1CCC2(CCC(N)(C(C)(C)C)CC2)C1. The average molecular weight is 296 g/mol. The van der Waals surface area contributed by atoms with E-state index >= 15 is 0 Å². The summed E-state index contributed by atoms with van der Waals surface area (Å²) in [5, 5.41) is 0. The largest absolute Gasteiger partial charge is 0.325 e. The van der Waals surface area contributed by atoms with Crippen LogP contribution in [0.2, 0.25) is 0 Å². The normalized spacial score (nSPS) is 35.0. The van der Waals surface area contributed by atoms with Crippen LogP contribution >= 0.6 is 0 Å². The second-order valence-corrected chi connectivity index (χ2v) is 9.09. The van der Waals surface area contributed by atoms with Gasteiger partial charge in [0, 0.05) is 12.1 Å². The van der Waals surface area contributed by atoms with Crippen LogP contribution in [0.4, 0.5) is 0 Å². The summed E-state index contributed by atoms with van der Waals surface area (Å²) in [7, 11) is 4.33. The second-order valence-electron chi connectivity index (χ2n) is 9.09. The minimum Gasteiger partial charge on any atom is -0.325 e. The van der Waals surface area contributed by atoms with Gasteiger partial charge in [-0.05, 0) is 83.1 Å². The maximum absolute atomic E-state index is 6.72. The lowest BCUT2D eigenvalue weighted by Crippen LogP contribution is -2.55. The molecule has 1 saturated heterocycles. The van der Waals surface area contributed by atoms with E-state index in [1.165, 1.54) is 64.7 Å². The molecule has 0 radical (unpaired) electrons. The van der Waals surface area contributed by atoms with Gasteiger partial charge in [-0.15, -0.1) is 0 Å². The van der Waals surface area contributed by atoms with Gasteiger partial charge in [0.05, 0.1) is 0 Å². The highest BCUT2D eigenvalue weighted by molar-refractivity contribution is 5.04. The first-order valence-corrected chi connectivity index (χ1v) is 8.82. The fraction of sp³-hybridized carbons (Fsp3) is 1.00. The molecule has 0 unspecified atom stereocenters. The van der Waals surface area contributed by atoms with Crippen LogP contribution in [-0.4, -0.2) is 55.6 Å². The highest BCUT2D eigenvalue weighted by Gasteiger charge is 2.48. The molecular weight excluding hydrogens is 258 g/mol. The number of hydrogen-bond acceptors (Lipinski definition) is 3. The Kier molecular flexibility index (Phi) is 5.07. The molecule has 0 aromatic carbocycles. The van der Waals surface area contributed by atoms with Gasteiger partial charge in [0.25, 0.3) is 0 Å². The monoisotopic (exact) mass is 295 g/mol. The summed E-state index contributed by atoms with van der Waals surface area (Å²) in [5.74, 6) is 0. The average Bonchev–Trinajstić information content (AvgIpc) is 2.76. The maximum atomic E-state index is 6.72. The number of nitrogens with zero attached hydrogens (tertiary/aromatic N) is 2. The van der Waals surface area contributed by atoms with Crippen LogP contribution in [0.25, 0.3) is 0 Å². The molecule has 2 aliphatic rings. The Labute approximate surface area is 132 Å². The lowest BCUT2D eigenvalue weighted by molar-refractivity contribution is 0.0633. The third-order valence-corrected chi connectivity index (χ3v) is 6.29. The number of hydrogen-bond donors (Lipinski definition) is 1. The lowest BCUT2D eigenvalue weighted by atomic mass is 9.59. The zero-order chi connectivity index (χ0) is 15.7. The smallest absolute Gasteiger partial charge is 0.0203 e. The molecule has 3 nitrogen and oxygen atoms in total. The molecule has 3 heteroatoms. The number of nitrogens with two attached hydrogens (primary N) is 1. The fourth-order valence-electron chi connectivity index (χ4n) is 4.21. The van der Waals surface area contributed by atoms with Crippen LogP contribution in [0.5, 0.6) is 0 Å². The molecule has 0 aromatic rings. The van der Waals surface area contributed by atoms with Gasteiger partial charge in [0.2, 0.25) is 0 Å². The predicted molar refractivity (Wildman–Crippen MR) is 91.5 cm³/mol. The summed E-state index contributed by atoms with van der Waals surface area (Å²) in [5.41, 5.74) is 7.59. The first kappa shape index (κ1) is 17.2. The molecule has 1 aliphatic carbocycles. The van der Waals surface area contributed by atoms with E-state index in [1.54, 1.807) is 0 Å². The standard InChI is InChI=1S/C18H37N3/c1-16(2,3)18(19)9-7-17(8-10-18)11-14-21(15-17)13-6-12-20(4)5/h6-15,19H2,1-5H3. The molecule has 2 rings (SSSR count). The van der Waals surface area contributed by atoms with Gasteiger partial charge in [0.1, 0.15) is 0 Å². The van der Waals surface area contributed by atoms with Crippen molar-refractivity contribution in [2.45, 2.75) is 64.8 Å². The van der Waals surface area contributed by atoms with Crippen molar-refractivity contribution < 1.29 is 0 Å². The highest BCUT2D eigenvalue weighted by atomic mass is 15.2. The maximum Gasteiger partial charge on any atom is 0.0203 e. The van der Waals surface area contributed by atoms with Crippen molar-refractivity contribution in [2.24, 2.45) is 16.6 Å². The van der Waals surface area contributed by atoms with Crippen molar-refractivity contribution in [1.82, 2.24) is 9.80 Å². The van der Waals surface area contributed by atoms with Gasteiger partial charge in [0.15, 0.2) is 0 Å². The summed E-state index contributed by atoms with van der Waals surface area (Å²) in [6.45, 7) is 12.0. The Hall–Kier alpha value is -0.120. The molecule has 21 heavy (non-hydrogen) atoms. The topological polar surface area (TPSA) is 32.5 Å². The van der Waals surface area contributed by atoms with E-state index in [4.69, 9.17) is 5.73 Å². The second kappa shape index (κ2) is 6.17. The van der Waals surface area contributed by atoms with Gasteiger partial charge >= 0.3 is 0 Å². The Balaban J connectivity index is 1.82. The van der Waals surface area contributed by atoms with Gasteiger partial charge in [-0.25, -0.2) is 0 Å². The lowest BCUT2D eigenvalue weighted by Gasteiger charge is -2.49. The van der Waals surface area contributed by atoms with Gasteiger partial charge < -0.3 is 15.5 Å². The molecule has 2 fully saturated rings. The van der Waals surface area contributed by atoms with E-state index in [0.29, 0.717) is 5.41 Å². The predicted octanol–water partition coefficient (Wildman–Crippen LogP) is 2.95. The molecule has 0 atom stereocenters. The molecular formula is C18H37N3. The van der Waals surface area contributed by atoms with E-state index in [9.17, 15) is 0 Å². The Morgan fingerprint density at radius 1 is 1.05 bits per heavy atom. The Morgan fingerprint density at radius 3 is 2.19 bits per heavy atom.